The summed E-state index contributed by atoms with van der Waals surface area (Å²) < 4.78 is 2.08. The van der Waals surface area contributed by atoms with E-state index in [1.807, 2.05) is 32.2 Å². The van der Waals surface area contributed by atoms with E-state index in [4.69, 9.17) is 0 Å². The zero-order valence-corrected chi connectivity index (χ0v) is 14.8. The van der Waals surface area contributed by atoms with Gasteiger partial charge in [-0.1, -0.05) is 24.3 Å². The highest BCUT2D eigenvalue weighted by atomic mass is 16.3. The van der Waals surface area contributed by atoms with Crippen LogP contribution in [0.2, 0.25) is 0 Å². The van der Waals surface area contributed by atoms with Crippen molar-refractivity contribution >= 4 is 6.03 Å². The van der Waals surface area contributed by atoms with Crippen LogP contribution in [0.25, 0.3) is 0 Å². The molecule has 1 aliphatic carbocycles. The van der Waals surface area contributed by atoms with E-state index in [1.54, 1.807) is 6.20 Å². The summed E-state index contributed by atoms with van der Waals surface area (Å²) in [5.74, 6) is 1.36. The molecule has 1 aromatic carbocycles. The van der Waals surface area contributed by atoms with E-state index in [2.05, 4.69) is 32.3 Å². The molecule has 0 radical (unpaired) electrons. The van der Waals surface area contributed by atoms with E-state index in [1.165, 1.54) is 5.56 Å². The lowest BCUT2D eigenvalue weighted by atomic mass is 9.97. The van der Waals surface area contributed by atoms with Crippen LogP contribution in [0.4, 0.5) is 4.79 Å². The molecule has 1 aliphatic rings. The maximum atomic E-state index is 12.2. The number of carbonyl (C=O) groups is 1. The Kier molecular flexibility index (Phi) is 5.08. The number of benzene rings is 1. The second-order valence-corrected chi connectivity index (χ2v) is 7.08. The van der Waals surface area contributed by atoms with Gasteiger partial charge in [-0.2, -0.15) is 0 Å². The number of rotatable bonds is 7. The molecular weight excluding hydrogens is 316 g/mol. The minimum atomic E-state index is -0.523. The number of aliphatic hydroxyl groups excluding tert-OH is 1. The molecule has 6 nitrogen and oxygen atoms in total. The van der Waals surface area contributed by atoms with Gasteiger partial charge in [-0.3, -0.25) is 0 Å². The molecule has 0 saturated heterocycles. The zero-order valence-electron chi connectivity index (χ0n) is 14.8. The molecule has 1 saturated carbocycles. The Morgan fingerprint density at radius 2 is 2.16 bits per heavy atom. The number of amides is 2. The van der Waals surface area contributed by atoms with E-state index in [9.17, 15) is 9.90 Å². The molecule has 0 spiro atoms. The molecule has 1 unspecified atom stereocenters. The Labute approximate surface area is 148 Å². The molecule has 3 N–H and O–H groups in total. The number of imidazole rings is 1. The van der Waals surface area contributed by atoms with Crippen molar-refractivity contribution in [1.82, 2.24) is 20.2 Å². The Bertz CT molecular complexity index is 739. The van der Waals surface area contributed by atoms with Crippen LogP contribution < -0.4 is 10.6 Å². The molecule has 6 heteroatoms. The number of carbonyl (C=O) groups excluding carboxylic acids is 1. The molecule has 1 fully saturated rings. The standard InChI is InChI=1S/C19H26N4O2/c1-14-20-8-9-23(14)12-16-5-3-4-15(10-16)11-21-18(25)22-19(2,13-24)17-6-7-17/h3-5,8-10,17,24H,6-7,11-13H2,1-2H3,(H2,21,22,25). The van der Waals surface area contributed by atoms with Crippen LogP contribution in [-0.4, -0.2) is 32.8 Å². The molecule has 2 aromatic rings. The molecule has 1 atom stereocenters. The van der Waals surface area contributed by atoms with E-state index < -0.39 is 5.54 Å². The fraction of sp³-hybridized carbons (Fsp3) is 0.474. The van der Waals surface area contributed by atoms with Crippen molar-refractivity contribution in [2.75, 3.05) is 6.61 Å². The highest BCUT2D eigenvalue weighted by Crippen LogP contribution is 2.39. The first-order valence-corrected chi connectivity index (χ1v) is 8.72. The largest absolute Gasteiger partial charge is 0.394 e. The number of nitrogens with zero attached hydrogens (tertiary/aromatic N) is 2. The van der Waals surface area contributed by atoms with Crippen molar-refractivity contribution in [2.24, 2.45) is 5.92 Å². The van der Waals surface area contributed by atoms with Crippen molar-refractivity contribution in [2.45, 2.75) is 45.3 Å². The number of nitrogens with one attached hydrogen (secondary N) is 2. The fourth-order valence-electron chi connectivity index (χ4n) is 3.08. The minimum absolute atomic E-state index is 0.0369. The summed E-state index contributed by atoms with van der Waals surface area (Å²) in [6.45, 7) is 5.06. The number of aryl methyl sites for hydroxylation is 1. The van der Waals surface area contributed by atoms with Crippen molar-refractivity contribution in [3.8, 4) is 0 Å². The van der Waals surface area contributed by atoms with E-state index in [0.717, 1.165) is 30.8 Å². The first kappa shape index (κ1) is 17.5. The first-order chi connectivity index (χ1) is 12.0. The second kappa shape index (κ2) is 7.27. The highest BCUT2D eigenvalue weighted by molar-refractivity contribution is 5.74. The number of hydrogen-bond acceptors (Lipinski definition) is 3. The van der Waals surface area contributed by atoms with Gasteiger partial charge in [0.2, 0.25) is 0 Å². The predicted octanol–water partition coefficient (Wildman–Crippen LogP) is 2.20. The maximum absolute atomic E-state index is 12.2. The average molecular weight is 342 g/mol. The van der Waals surface area contributed by atoms with Crippen LogP contribution in [0.15, 0.2) is 36.7 Å². The third-order valence-corrected chi connectivity index (χ3v) is 4.93. The van der Waals surface area contributed by atoms with Gasteiger partial charge >= 0.3 is 6.03 Å². The SMILES string of the molecule is Cc1nccn1Cc1cccc(CNC(=O)NC(C)(CO)C2CC2)c1. The van der Waals surface area contributed by atoms with Crippen LogP contribution in [-0.2, 0) is 13.1 Å². The second-order valence-electron chi connectivity index (χ2n) is 7.08. The lowest BCUT2D eigenvalue weighted by Gasteiger charge is -2.28. The summed E-state index contributed by atoms with van der Waals surface area (Å²) in [4.78, 5) is 16.4. The molecule has 1 aromatic heterocycles. The Hall–Kier alpha value is -2.34. The van der Waals surface area contributed by atoms with Gasteiger partial charge in [0, 0.05) is 25.5 Å². The predicted molar refractivity (Wildman–Crippen MR) is 96.1 cm³/mol. The van der Waals surface area contributed by atoms with Gasteiger partial charge < -0.3 is 20.3 Å². The normalized spacial score (nSPS) is 16.3. The summed E-state index contributed by atoms with van der Waals surface area (Å²) in [6.07, 6.45) is 5.88. The summed E-state index contributed by atoms with van der Waals surface area (Å²) >= 11 is 0. The summed E-state index contributed by atoms with van der Waals surface area (Å²) in [7, 11) is 0. The van der Waals surface area contributed by atoms with Crippen LogP contribution in [0.5, 0.6) is 0 Å². The third kappa shape index (κ3) is 4.39. The van der Waals surface area contributed by atoms with Gasteiger partial charge in [-0.05, 0) is 43.7 Å². The van der Waals surface area contributed by atoms with E-state index in [-0.39, 0.29) is 12.6 Å². The summed E-state index contributed by atoms with van der Waals surface area (Å²) in [5, 5.41) is 15.4. The van der Waals surface area contributed by atoms with Crippen LogP contribution >= 0.6 is 0 Å². The average Bonchev–Trinajstić information content (AvgIpc) is 3.39. The Morgan fingerprint density at radius 3 is 2.80 bits per heavy atom. The van der Waals surface area contributed by atoms with Gasteiger partial charge in [0.05, 0.1) is 12.1 Å². The monoisotopic (exact) mass is 342 g/mol. The minimum Gasteiger partial charge on any atom is -0.394 e. The molecule has 134 valence electrons. The summed E-state index contributed by atoms with van der Waals surface area (Å²) in [6, 6.07) is 7.92. The van der Waals surface area contributed by atoms with E-state index in [0.29, 0.717) is 12.5 Å². The van der Waals surface area contributed by atoms with Gasteiger partial charge in [0.1, 0.15) is 5.82 Å². The number of aromatic nitrogens is 2. The quantitative estimate of drug-likeness (QED) is 0.722. The van der Waals surface area contributed by atoms with Crippen molar-refractivity contribution < 1.29 is 9.90 Å². The maximum Gasteiger partial charge on any atom is 0.315 e. The van der Waals surface area contributed by atoms with Crippen molar-refractivity contribution in [3.05, 3.63) is 53.6 Å². The number of urea groups is 1. The molecular formula is C19H26N4O2. The van der Waals surface area contributed by atoms with Crippen LogP contribution in [0.1, 0.15) is 36.7 Å². The van der Waals surface area contributed by atoms with Crippen LogP contribution in [0, 0.1) is 12.8 Å². The first-order valence-electron chi connectivity index (χ1n) is 8.72. The molecule has 2 amide bonds. The number of hydrogen-bond donors (Lipinski definition) is 3. The topological polar surface area (TPSA) is 79.2 Å². The molecule has 0 aliphatic heterocycles. The lowest BCUT2D eigenvalue weighted by Crippen LogP contribution is -2.53. The van der Waals surface area contributed by atoms with Gasteiger partial charge in [0.15, 0.2) is 0 Å². The highest BCUT2D eigenvalue weighted by Gasteiger charge is 2.42. The van der Waals surface area contributed by atoms with Gasteiger partial charge in [0.25, 0.3) is 0 Å². The van der Waals surface area contributed by atoms with Gasteiger partial charge in [-0.25, -0.2) is 9.78 Å². The lowest BCUT2D eigenvalue weighted by molar-refractivity contribution is 0.155. The van der Waals surface area contributed by atoms with Gasteiger partial charge in [-0.15, -0.1) is 0 Å². The van der Waals surface area contributed by atoms with Crippen molar-refractivity contribution in [3.63, 3.8) is 0 Å². The number of aliphatic hydroxyl groups is 1. The van der Waals surface area contributed by atoms with Crippen molar-refractivity contribution in [1.29, 1.82) is 0 Å². The molecule has 25 heavy (non-hydrogen) atoms. The zero-order chi connectivity index (χ0) is 17.9. The van der Waals surface area contributed by atoms with Crippen LogP contribution in [0.3, 0.4) is 0 Å². The Balaban J connectivity index is 1.55. The molecule has 1 heterocycles. The molecule has 0 bridgehead atoms. The third-order valence-electron chi connectivity index (χ3n) is 4.93. The molecule has 3 rings (SSSR count). The smallest absolute Gasteiger partial charge is 0.315 e. The van der Waals surface area contributed by atoms with E-state index >= 15 is 0 Å². The Morgan fingerprint density at radius 1 is 1.40 bits per heavy atom. The summed E-state index contributed by atoms with van der Waals surface area (Å²) in [5.41, 5.74) is 1.69. The fourth-order valence-corrected chi connectivity index (χ4v) is 3.08.